The molecule has 0 saturated carbocycles. The Morgan fingerprint density at radius 3 is 2.52 bits per heavy atom. The van der Waals surface area contributed by atoms with E-state index in [1.54, 1.807) is 0 Å². The summed E-state index contributed by atoms with van der Waals surface area (Å²) in [5.41, 5.74) is 6.53. The molecule has 2 aromatic rings. The molecular weight excluding hydrogens is 303 g/mol. The highest BCUT2D eigenvalue weighted by Crippen LogP contribution is 2.26. The minimum Gasteiger partial charge on any atom is -0.271 e. The standard InChI is InChI=1S/C17H20Cl2N2/c1-2-4-12-5-3-6-14(9-12)17(21-20)11-13-7-8-15(18)16(19)10-13/h3,5-10,17,21H,2,4,11,20H2,1H3. The van der Waals surface area contributed by atoms with Gasteiger partial charge in [-0.1, -0.05) is 66.9 Å². The van der Waals surface area contributed by atoms with E-state index in [9.17, 15) is 0 Å². The monoisotopic (exact) mass is 322 g/mol. The number of hydrazine groups is 1. The number of hydrogen-bond acceptors (Lipinski definition) is 2. The zero-order valence-electron chi connectivity index (χ0n) is 12.1. The van der Waals surface area contributed by atoms with Gasteiger partial charge in [0.15, 0.2) is 0 Å². The smallest absolute Gasteiger partial charge is 0.0595 e. The molecule has 0 aliphatic rings. The topological polar surface area (TPSA) is 38.0 Å². The number of nitrogens with one attached hydrogen (secondary N) is 1. The van der Waals surface area contributed by atoms with E-state index in [0.717, 1.165) is 24.8 Å². The first-order valence-electron chi connectivity index (χ1n) is 7.13. The quantitative estimate of drug-likeness (QED) is 0.598. The number of hydrogen-bond donors (Lipinski definition) is 2. The number of nitrogens with two attached hydrogens (primary N) is 1. The van der Waals surface area contributed by atoms with Gasteiger partial charge in [-0.3, -0.25) is 11.3 Å². The molecule has 112 valence electrons. The Morgan fingerprint density at radius 1 is 1.05 bits per heavy atom. The minimum absolute atomic E-state index is 0.0547. The van der Waals surface area contributed by atoms with E-state index in [1.807, 2.05) is 18.2 Å². The van der Waals surface area contributed by atoms with Crippen molar-refractivity contribution in [2.24, 2.45) is 5.84 Å². The second-order valence-corrected chi connectivity index (χ2v) is 5.98. The lowest BCUT2D eigenvalue weighted by Gasteiger charge is -2.17. The highest BCUT2D eigenvalue weighted by atomic mass is 35.5. The number of aryl methyl sites for hydroxylation is 1. The average molecular weight is 323 g/mol. The lowest BCUT2D eigenvalue weighted by Crippen LogP contribution is -2.29. The van der Waals surface area contributed by atoms with Gasteiger partial charge in [0.05, 0.1) is 10.0 Å². The molecular formula is C17H20Cl2N2. The van der Waals surface area contributed by atoms with Crippen molar-refractivity contribution < 1.29 is 0 Å². The highest BCUT2D eigenvalue weighted by molar-refractivity contribution is 6.42. The van der Waals surface area contributed by atoms with Gasteiger partial charge in [0.1, 0.15) is 0 Å². The van der Waals surface area contributed by atoms with Crippen LogP contribution >= 0.6 is 23.2 Å². The second-order valence-electron chi connectivity index (χ2n) is 5.17. The van der Waals surface area contributed by atoms with Crippen LogP contribution in [-0.4, -0.2) is 0 Å². The van der Waals surface area contributed by atoms with Crippen molar-refractivity contribution in [1.29, 1.82) is 0 Å². The predicted molar refractivity (Wildman–Crippen MR) is 90.7 cm³/mol. The van der Waals surface area contributed by atoms with Crippen LogP contribution in [0.2, 0.25) is 10.0 Å². The first-order chi connectivity index (χ1) is 10.1. The molecule has 21 heavy (non-hydrogen) atoms. The normalized spacial score (nSPS) is 12.4. The summed E-state index contributed by atoms with van der Waals surface area (Å²) >= 11 is 12.0. The third kappa shape index (κ3) is 4.45. The lowest BCUT2D eigenvalue weighted by atomic mass is 9.97. The van der Waals surface area contributed by atoms with Crippen molar-refractivity contribution in [3.63, 3.8) is 0 Å². The molecule has 2 aromatic carbocycles. The van der Waals surface area contributed by atoms with Crippen LogP contribution in [-0.2, 0) is 12.8 Å². The number of benzene rings is 2. The maximum Gasteiger partial charge on any atom is 0.0595 e. The molecule has 2 nitrogen and oxygen atoms in total. The van der Waals surface area contributed by atoms with Crippen LogP contribution < -0.4 is 11.3 Å². The van der Waals surface area contributed by atoms with Gasteiger partial charge in [-0.25, -0.2) is 0 Å². The zero-order valence-corrected chi connectivity index (χ0v) is 13.6. The van der Waals surface area contributed by atoms with Crippen molar-refractivity contribution in [3.8, 4) is 0 Å². The van der Waals surface area contributed by atoms with Crippen molar-refractivity contribution in [3.05, 3.63) is 69.2 Å². The third-order valence-electron chi connectivity index (χ3n) is 3.52. The Kier molecular flexibility index (Phi) is 6.07. The fourth-order valence-electron chi connectivity index (χ4n) is 2.43. The van der Waals surface area contributed by atoms with Gasteiger partial charge in [0.25, 0.3) is 0 Å². The van der Waals surface area contributed by atoms with E-state index >= 15 is 0 Å². The van der Waals surface area contributed by atoms with Crippen molar-refractivity contribution in [2.45, 2.75) is 32.2 Å². The van der Waals surface area contributed by atoms with Gasteiger partial charge >= 0.3 is 0 Å². The summed E-state index contributed by atoms with van der Waals surface area (Å²) in [5.74, 6) is 5.74. The van der Waals surface area contributed by atoms with E-state index in [2.05, 4.69) is 36.6 Å². The van der Waals surface area contributed by atoms with Gasteiger partial charge < -0.3 is 0 Å². The predicted octanol–water partition coefficient (Wildman–Crippen LogP) is 4.69. The van der Waals surface area contributed by atoms with Gasteiger partial charge in [-0.15, -0.1) is 0 Å². The van der Waals surface area contributed by atoms with Crippen LogP contribution in [0.4, 0.5) is 0 Å². The Hall–Kier alpha value is -1.06. The molecule has 0 aliphatic heterocycles. The minimum atomic E-state index is 0.0547. The fourth-order valence-corrected chi connectivity index (χ4v) is 2.75. The van der Waals surface area contributed by atoms with E-state index in [1.165, 1.54) is 11.1 Å². The Bertz CT molecular complexity index is 599. The summed E-state index contributed by atoms with van der Waals surface area (Å²) in [4.78, 5) is 0. The molecule has 2 rings (SSSR count). The SMILES string of the molecule is CCCc1cccc(C(Cc2ccc(Cl)c(Cl)c2)NN)c1. The van der Waals surface area contributed by atoms with E-state index in [-0.39, 0.29) is 6.04 Å². The molecule has 0 aromatic heterocycles. The van der Waals surface area contributed by atoms with Crippen molar-refractivity contribution in [2.75, 3.05) is 0 Å². The summed E-state index contributed by atoms with van der Waals surface area (Å²) in [5, 5.41) is 1.15. The van der Waals surface area contributed by atoms with Crippen LogP contribution in [0.15, 0.2) is 42.5 Å². The summed E-state index contributed by atoms with van der Waals surface area (Å²) in [6, 6.07) is 14.3. The summed E-state index contributed by atoms with van der Waals surface area (Å²) < 4.78 is 0. The van der Waals surface area contributed by atoms with E-state index in [0.29, 0.717) is 10.0 Å². The summed E-state index contributed by atoms with van der Waals surface area (Å²) in [6.07, 6.45) is 2.98. The molecule has 0 radical (unpaired) electrons. The second kappa shape index (κ2) is 7.81. The molecule has 1 unspecified atom stereocenters. The van der Waals surface area contributed by atoms with E-state index in [4.69, 9.17) is 29.0 Å². The van der Waals surface area contributed by atoms with Crippen LogP contribution in [0.5, 0.6) is 0 Å². The Balaban J connectivity index is 2.19. The Morgan fingerprint density at radius 2 is 1.86 bits per heavy atom. The van der Waals surface area contributed by atoms with Gasteiger partial charge in [-0.2, -0.15) is 0 Å². The largest absolute Gasteiger partial charge is 0.271 e. The third-order valence-corrected chi connectivity index (χ3v) is 4.26. The molecule has 3 N–H and O–H groups in total. The fraction of sp³-hybridized carbons (Fsp3) is 0.294. The molecule has 0 heterocycles. The van der Waals surface area contributed by atoms with Crippen LogP contribution in [0, 0.1) is 0 Å². The van der Waals surface area contributed by atoms with Crippen molar-refractivity contribution >= 4 is 23.2 Å². The van der Waals surface area contributed by atoms with Crippen LogP contribution in [0.3, 0.4) is 0 Å². The molecule has 4 heteroatoms. The van der Waals surface area contributed by atoms with E-state index < -0.39 is 0 Å². The van der Waals surface area contributed by atoms with Crippen LogP contribution in [0.1, 0.15) is 36.1 Å². The zero-order chi connectivity index (χ0) is 15.2. The molecule has 0 aliphatic carbocycles. The summed E-state index contributed by atoms with van der Waals surface area (Å²) in [6.45, 7) is 2.18. The molecule has 0 spiro atoms. The number of halogens is 2. The molecule has 0 amide bonds. The molecule has 0 fully saturated rings. The first kappa shape index (κ1) is 16.3. The molecule has 0 saturated heterocycles. The van der Waals surface area contributed by atoms with Gasteiger partial charge in [0, 0.05) is 6.04 Å². The molecule has 0 bridgehead atoms. The lowest BCUT2D eigenvalue weighted by molar-refractivity contribution is 0.551. The van der Waals surface area contributed by atoms with Gasteiger partial charge in [-0.05, 0) is 41.7 Å². The summed E-state index contributed by atoms with van der Waals surface area (Å²) in [7, 11) is 0. The van der Waals surface area contributed by atoms with Crippen LogP contribution in [0.25, 0.3) is 0 Å². The maximum atomic E-state index is 6.07. The molecule has 1 atom stereocenters. The number of rotatable bonds is 6. The van der Waals surface area contributed by atoms with Gasteiger partial charge in [0.2, 0.25) is 0 Å². The highest BCUT2D eigenvalue weighted by Gasteiger charge is 2.12. The maximum absolute atomic E-state index is 6.07. The van der Waals surface area contributed by atoms with Crippen molar-refractivity contribution in [1.82, 2.24) is 5.43 Å². The average Bonchev–Trinajstić information content (AvgIpc) is 2.49. The first-order valence-corrected chi connectivity index (χ1v) is 7.88. The Labute approximate surface area is 136 Å².